The molecule has 1 saturated carbocycles. The Kier molecular flexibility index (Phi) is 3.34. The maximum absolute atomic E-state index is 11.0. The van der Waals surface area contributed by atoms with Gasteiger partial charge in [-0.3, -0.25) is 0 Å². The minimum Gasteiger partial charge on any atom is -0.351 e. The van der Waals surface area contributed by atoms with Crippen LogP contribution in [0.25, 0.3) is 0 Å². The van der Waals surface area contributed by atoms with Gasteiger partial charge in [0, 0.05) is 19.1 Å². The lowest BCUT2D eigenvalue weighted by atomic mass is 10.2. The lowest BCUT2D eigenvalue weighted by Gasteiger charge is -2.26. The van der Waals surface area contributed by atoms with Crippen molar-refractivity contribution < 1.29 is 4.79 Å². The van der Waals surface area contributed by atoms with Crippen molar-refractivity contribution in [1.29, 1.82) is 0 Å². The molecule has 1 rings (SSSR count). The quantitative estimate of drug-likeness (QED) is 0.639. The zero-order valence-corrected chi connectivity index (χ0v) is 7.33. The summed E-state index contributed by atoms with van der Waals surface area (Å²) in [5.41, 5.74) is 10.6. The van der Waals surface area contributed by atoms with Crippen molar-refractivity contribution in [2.75, 3.05) is 13.1 Å². The van der Waals surface area contributed by atoms with Gasteiger partial charge in [-0.25, -0.2) is 4.79 Å². The van der Waals surface area contributed by atoms with Crippen LogP contribution in [-0.4, -0.2) is 30.1 Å². The average molecular weight is 171 g/mol. The summed E-state index contributed by atoms with van der Waals surface area (Å²) in [7, 11) is 0. The molecule has 70 valence electrons. The third-order valence-corrected chi connectivity index (χ3v) is 2.42. The first-order valence-electron chi connectivity index (χ1n) is 4.52. The number of carbonyl (C=O) groups excluding carboxylic acids is 1. The van der Waals surface area contributed by atoms with Crippen molar-refractivity contribution in [2.24, 2.45) is 11.5 Å². The molecule has 1 fully saturated rings. The second-order valence-corrected chi connectivity index (χ2v) is 3.26. The number of nitrogens with zero attached hydrogens (tertiary/aromatic N) is 1. The van der Waals surface area contributed by atoms with E-state index < -0.39 is 0 Å². The van der Waals surface area contributed by atoms with E-state index in [1.54, 1.807) is 4.90 Å². The summed E-state index contributed by atoms with van der Waals surface area (Å²) >= 11 is 0. The summed E-state index contributed by atoms with van der Waals surface area (Å²) < 4.78 is 0. The molecule has 4 heteroatoms. The van der Waals surface area contributed by atoms with E-state index >= 15 is 0 Å². The Morgan fingerprint density at radius 2 is 2.00 bits per heavy atom. The Morgan fingerprint density at radius 3 is 2.42 bits per heavy atom. The van der Waals surface area contributed by atoms with Gasteiger partial charge < -0.3 is 16.4 Å². The molecule has 0 bridgehead atoms. The van der Waals surface area contributed by atoms with Crippen molar-refractivity contribution in [3.8, 4) is 0 Å². The zero-order chi connectivity index (χ0) is 8.97. The van der Waals surface area contributed by atoms with E-state index in [0.29, 0.717) is 19.1 Å². The Labute approximate surface area is 72.9 Å². The van der Waals surface area contributed by atoms with Gasteiger partial charge in [0.25, 0.3) is 0 Å². The standard InChI is InChI=1S/C8H17N3O/c9-5-6-11(8(10)12)7-3-1-2-4-7/h7H,1-6,9H2,(H2,10,12). The Balaban J connectivity index is 2.45. The van der Waals surface area contributed by atoms with Crippen LogP contribution in [-0.2, 0) is 0 Å². The third-order valence-electron chi connectivity index (χ3n) is 2.42. The molecule has 12 heavy (non-hydrogen) atoms. The maximum Gasteiger partial charge on any atom is 0.315 e. The molecule has 1 aliphatic carbocycles. The predicted octanol–water partition coefficient (Wildman–Crippen LogP) is 0.268. The van der Waals surface area contributed by atoms with Crippen LogP contribution in [0.1, 0.15) is 25.7 Å². The molecule has 0 unspecified atom stereocenters. The van der Waals surface area contributed by atoms with E-state index in [1.165, 1.54) is 12.8 Å². The molecule has 0 radical (unpaired) electrons. The van der Waals surface area contributed by atoms with E-state index in [9.17, 15) is 4.79 Å². The molecule has 1 aliphatic rings. The Morgan fingerprint density at radius 1 is 1.42 bits per heavy atom. The zero-order valence-electron chi connectivity index (χ0n) is 7.33. The smallest absolute Gasteiger partial charge is 0.315 e. The minimum atomic E-state index is -0.327. The second-order valence-electron chi connectivity index (χ2n) is 3.26. The SMILES string of the molecule is NCCN(C(N)=O)C1CCCC1. The van der Waals surface area contributed by atoms with E-state index in [1.807, 2.05) is 0 Å². The van der Waals surface area contributed by atoms with Crippen molar-refractivity contribution in [3.05, 3.63) is 0 Å². The van der Waals surface area contributed by atoms with Crippen LogP contribution >= 0.6 is 0 Å². The van der Waals surface area contributed by atoms with E-state index in [2.05, 4.69) is 0 Å². The van der Waals surface area contributed by atoms with Crippen LogP contribution in [0.4, 0.5) is 4.79 Å². The van der Waals surface area contributed by atoms with Crippen LogP contribution in [0.2, 0.25) is 0 Å². The first-order chi connectivity index (χ1) is 5.75. The monoisotopic (exact) mass is 171 g/mol. The average Bonchev–Trinajstić information content (AvgIpc) is 2.51. The number of nitrogens with two attached hydrogens (primary N) is 2. The molecule has 4 N–H and O–H groups in total. The predicted molar refractivity (Wildman–Crippen MR) is 47.6 cm³/mol. The maximum atomic E-state index is 11.0. The highest BCUT2D eigenvalue weighted by molar-refractivity contribution is 5.72. The number of hydrogen-bond acceptors (Lipinski definition) is 2. The number of amides is 2. The molecule has 0 aliphatic heterocycles. The molecule has 0 heterocycles. The summed E-state index contributed by atoms with van der Waals surface area (Å²) in [4.78, 5) is 12.7. The van der Waals surface area contributed by atoms with Crippen molar-refractivity contribution in [2.45, 2.75) is 31.7 Å². The molecular formula is C8H17N3O. The lowest BCUT2D eigenvalue weighted by Crippen LogP contribution is -2.44. The van der Waals surface area contributed by atoms with Gasteiger partial charge in [-0.15, -0.1) is 0 Å². The van der Waals surface area contributed by atoms with Gasteiger partial charge in [0.15, 0.2) is 0 Å². The highest BCUT2D eigenvalue weighted by Crippen LogP contribution is 2.22. The van der Waals surface area contributed by atoms with Crippen molar-refractivity contribution >= 4 is 6.03 Å². The second kappa shape index (κ2) is 4.30. The third kappa shape index (κ3) is 2.11. The summed E-state index contributed by atoms with van der Waals surface area (Å²) in [6.07, 6.45) is 4.59. The molecule has 2 amide bonds. The van der Waals surface area contributed by atoms with Crippen molar-refractivity contribution in [1.82, 2.24) is 4.90 Å². The topological polar surface area (TPSA) is 72.3 Å². The van der Waals surface area contributed by atoms with Crippen LogP contribution in [0, 0.1) is 0 Å². The molecule has 0 aromatic carbocycles. The molecule has 4 nitrogen and oxygen atoms in total. The van der Waals surface area contributed by atoms with E-state index in [4.69, 9.17) is 11.5 Å². The minimum absolute atomic E-state index is 0.327. The first kappa shape index (κ1) is 9.32. The molecule has 0 atom stereocenters. The Bertz CT molecular complexity index is 154. The number of primary amides is 1. The van der Waals surface area contributed by atoms with Gasteiger partial charge in [0.1, 0.15) is 0 Å². The highest BCUT2D eigenvalue weighted by atomic mass is 16.2. The van der Waals surface area contributed by atoms with Crippen LogP contribution in [0.15, 0.2) is 0 Å². The molecule has 0 aromatic rings. The fraction of sp³-hybridized carbons (Fsp3) is 0.875. The fourth-order valence-corrected chi connectivity index (χ4v) is 1.83. The molecular weight excluding hydrogens is 154 g/mol. The molecule has 0 aromatic heterocycles. The van der Waals surface area contributed by atoms with E-state index in [-0.39, 0.29) is 6.03 Å². The van der Waals surface area contributed by atoms with Crippen molar-refractivity contribution in [3.63, 3.8) is 0 Å². The summed E-state index contributed by atoms with van der Waals surface area (Å²) in [6, 6.07) is 0.0263. The molecule has 0 saturated heterocycles. The van der Waals surface area contributed by atoms with Gasteiger partial charge in [-0.2, -0.15) is 0 Å². The fourth-order valence-electron chi connectivity index (χ4n) is 1.83. The number of carbonyl (C=O) groups is 1. The number of urea groups is 1. The lowest BCUT2D eigenvalue weighted by molar-refractivity contribution is 0.186. The summed E-state index contributed by atoms with van der Waals surface area (Å²) in [5, 5.41) is 0. The highest BCUT2D eigenvalue weighted by Gasteiger charge is 2.23. The van der Waals surface area contributed by atoms with Gasteiger partial charge in [0.05, 0.1) is 0 Å². The van der Waals surface area contributed by atoms with Crippen LogP contribution < -0.4 is 11.5 Å². The van der Waals surface area contributed by atoms with Gasteiger partial charge in [-0.05, 0) is 12.8 Å². The first-order valence-corrected chi connectivity index (χ1v) is 4.52. The normalized spacial score (nSPS) is 18.1. The van der Waals surface area contributed by atoms with Gasteiger partial charge >= 0.3 is 6.03 Å². The number of rotatable bonds is 3. The molecule has 0 spiro atoms. The van der Waals surface area contributed by atoms with E-state index in [0.717, 1.165) is 12.8 Å². The van der Waals surface area contributed by atoms with Crippen LogP contribution in [0.3, 0.4) is 0 Å². The summed E-state index contributed by atoms with van der Waals surface area (Å²) in [5.74, 6) is 0. The number of hydrogen-bond donors (Lipinski definition) is 2. The van der Waals surface area contributed by atoms with Crippen LogP contribution in [0.5, 0.6) is 0 Å². The largest absolute Gasteiger partial charge is 0.351 e. The van der Waals surface area contributed by atoms with Gasteiger partial charge in [0.2, 0.25) is 0 Å². The Hall–Kier alpha value is -0.770. The summed E-state index contributed by atoms with van der Waals surface area (Å²) in [6.45, 7) is 1.10. The van der Waals surface area contributed by atoms with Gasteiger partial charge in [-0.1, -0.05) is 12.8 Å².